The number of aliphatic carboxylic acids is 2. The molecule has 13 rings (SSSR count). The second kappa shape index (κ2) is 33.9. The summed E-state index contributed by atoms with van der Waals surface area (Å²) in [7, 11) is 5.36. The number of hydrogen-bond donors (Lipinski definition) is 8. The first kappa shape index (κ1) is 80.0. The Hall–Kier alpha value is -7.96. The summed E-state index contributed by atoms with van der Waals surface area (Å²) in [6.07, 6.45) is 21.5. The van der Waals surface area contributed by atoms with Gasteiger partial charge in [-0.2, -0.15) is 24.9 Å². The molecule has 3 saturated carbocycles. The number of ether oxygens (including phenoxy) is 1. The first-order chi connectivity index (χ1) is 45.5. The average molecular weight is 1500 g/mol. The fourth-order valence-electron chi connectivity index (χ4n) is 13.0. The van der Waals surface area contributed by atoms with Gasteiger partial charge in [0.2, 0.25) is 0 Å². The van der Waals surface area contributed by atoms with Crippen LogP contribution in [0, 0.1) is 17.5 Å². The summed E-state index contributed by atoms with van der Waals surface area (Å²) >= 11 is 0. The van der Waals surface area contributed by atoms with Gasteiger partial charge in [0.05, 0.1) is 71.1 Å². The van der Waals surface area contributed by atoms with Crippen molar-refractivity contribution in [2.45, 2.75) is 185 Å². The van der Waals surface area contributed by atoms with E-state index in [2.05, 4.69) is 46.5 Å². The third-order valence-corrected chi connectivity index (χ3v) is 17.7. The fraction of sp³-hybridized carbons (Fsp3) is 0.516. The number of carbonyl (C=O) groups excluding carboxylic acids is 7. The second-order valence-corrected chi connectivity index (χ2v) is 26.0. The monoisotopic (exact) mass is 1500 g/mol. The van der Waals surface area contributed by atoms with Gasteiger partial charge in [0.1, 0.15) is 5.60 Å². The number of aromatic nitrogens is 9. The largest absolute Gasteiger partial charge is 1.00 e. The first-order valence-corrected chi connectivity index (χ1v) is 31.7. The summed E-state index contributed by atoms with van der Waals surface area (Å²) < 4.78 is 56.3. The number of anilines is 3. The molecular formula is C64H82F3IN17NaO13. The van der Waals surface area contributed by atoms with Gasteiger partial charge in [-0.3, -0.25) is 33.3 Å². The molecule has 0 aromatic carbocycles. The van der Waals surface area contributed by atoms with E-state index in [-0.39, 0.29) is 169 Å². The number of fused-ring (bicyclic) bond motifs is 4. The molecule has 0 spiro atoms. The number of carboxylic acid groups (broad SMARTS) is 2. The zero-order valence-electron chi connectivity index (χ0n) is 56.2. The van der Waals surface area contributed by atoms with E-state index < -0.39 is 47.0 Å². The molecule has 1 unspecified atom stereocenters. The molecule has 35 heteroatoms. The Kier molecular flexibility index (Phi) is 27.4. The summed E-state index contributed by atoms with van der Waals surface area (Å²) in [5.41, 5.74) is 15.0. The van der Waals surface area contributed by atoms with Gasteiger partial charge >= 0.3 is 47.8 Å². The Labute approximate surface area is 606 Å². The number of rotatable bonds is 11. The number of nitrogens with zero attached hydrogens (tertiary/aromatic N) is 11. The van der Waals surface area contributed by atoms with Gasteiger partial charge in [0, 0.05) is 129 Å². The van der Waals surface area contributed by atoms with Crippen molar-refractivity contribution in [2.75, 3.05) is 22.2 Å². The van der Waals surface area contributed by atoms with Gasteiger partial charge in [0.15, 0.2) is 46.3 Å². The number of nitrogens with one attached hydrogen (secondary N) is 4. The zero-order valence-corrected chi connectivity index (χ0v) is 60.6. The SMILES string of the molecule is CC(O)(CC(=O)[O-])C(=O)O.Cn1cc(-c2nc(N3CN(C(=O)OC(C)(C)C)[C@H]4CCCC[C@H]43)c(F)c3c2C(=O)CC3)cn1.Cn1cc(-c2nc(N[C@@H]3CCCC[C@@H]3N)c(F)c3c2C(=O)NC3)cn1.Cn1cc(-c2nc(N[C@@H]3CCCC[C@@H]3N)c(F)c3c2C(=O)NC3)cn1.I.O.O=C=O.[Na+]. The Balaban J connectivity index is 0.000000214. The van der Waals surface area contributed by atoms with Crippen molar-refractivity contribution in [2.24, 2.45) is 32.6 Å². The van der Waals surface area contributed by atoms with E-state index in [1.807, 2.05) is 25.7 Å². The van der Waals surface area contributed by atoms with Gasteiger partial charge in [-0.1, -0.05) is 38.5 Å². The number of pyridine rings is 3. The number of aliphatic hydroxyl groups is 1. The van der Waals surface area contributed by atoms with Gasteiger partial charge < -0.3 is 68.0 Å². The molecule has 7 atom stereocenters. The van der Waals surface area contributed by atoms with Crippen molar-refractivity contribution in [3.05, 3.63) is 88.0 Å². The Morgan fingerprint density at radius 1 is 0.667 bits per heavy atom. The predicted molar refractivity (Wildman–Crippen MR) is 355 cm³/mol. The molecule has 0 radical (unpaired) electrons. The maximum atomic E-state index is 15.8. The maximum Gasteiger partial charge on any atom is 1.00 e. The Bertz CT molecular complexity index is 3850. The third-order valence-electron chi connectivity index (χ3n) is 17.7. The number of nitrogens with two attached hydrogens (primary N) is 2. The summed E-state index contributed by atoms with van der Waals surface area (Å²) in [5, 5.41) is 50.9. The molecule has 30 nitrogen and oxygen atoms in total. The molecule has 1 saturated heterocycles. The number of halogens is 4. The van der Waals surface area contributed by atoms with E-state index in [1.165, 1.54) is 0 Å². The van der Waals surface area contributed by atoms with Crippen LogP contribution >= 0.6 is 24.0 Å². The van der Waals surface area contributed by atoms with Crippen LogP contribution in [0.2, 0.25) is 0 Å². The average Bonchev–Trinajstić information content (AvgIpc) is 1.33. The molecule has 530 valence electrons. The van der Waals surface area contributed by atoms with E-state index in [4.69, 9.17) is 41.0 Å². The number of ketones is 1. The van der Waals surface area contributed by atoms with E-state index in [0.29, 0.717) is 73.6 Å². The zero-order chi connectivity index (χ0) is 69.7. The molecule has 3 amide bonds. The molecule has 7 aliphatic rings. The van der Waals surface area contributed by atoms with Gasteiger partial charge in [-0.05, 0) is 72.6 Å². The van der Waals surface area contributed by atoms with Crippen molar-refractivity contribution in [1.29, 1.82) is 0 Å². The smallest absolute Gasteiger partial charge is 0.550 e. The quantitative estimate of drug-likeness (QED) is 0.0670. The van der Waals surface area contributed by atoms with Crippen LogP contribution in [0.1, 0.15) is 165 Å². The summed E-state index contributed by atoms with van der Waals surface area (Å²) in [5.74, 6) is -4.71. The van der Waals surface area contributed by atoms with Crippen LogP contribution in [0.25, 0.3) is 33.8 Å². The van der Waals surface area contributed by atoms with Crippen LogP contribution in [0.3, 0.4) is 0 Å². The number of Topliss-reactive ketones (excluding diaryl/α,β-unsaturated/α-hetero) is 1. The molecule has 3 aliphatic heterocycles. The molecule has 12 N–H and O–H groups in total. The number of carbonyl (C=O) groups is 6. The van der Waals surface area contributed by atoms with Gasteiger partial charge in [-0.15, -0.1) is 24.0 Å². The summed E-state index contributed by atoms with van der Waals surface area (Å²) in [6.45, 7) is 6.98. The second-order valence-electron chi connectivity index (χ2n) is 26.0. The minimum Gasteiger partial charge on any atom is -0.550 e. The van der Waals surface area contributed by atoms with Crippen molar-refractivity contribution in [3.8, 4) is 33.8 Å². The molecule has 6 aromatic rings. The summed E-state index contributed by atoms with van der Waals surface area (Å²) in [6, 6.07) is -0.160. The van der Waals surface area contributed by atoms with Crippen molar-refractivity contribution in [1.82, 2.24) is 59.8 Å². The predicted octanol–water partition coefficient (Wildman–Crippen LogP) is 1.34. The Morgan fingerprint density at radius 3 is 1.46 bits per heavy atom. The van der Waals surface area contributed by atoms with Crippen molar-refractivity contribution >= 4 is 83.2 Å². The Morgan fingerprint density at radius 2 is 1.08 bits per heavy atom. The van der Waals surface area contributed by atoms with Gasteiger partial charge in [-0.25, -0.2) is 37.7 Å². The fourth-order valence-corrected chi connectivity index (χ4v) is 13.0. The molecule has 9 heterocycles. The number of hydrogen-bond acceptors (Lipinski definition) is 22. The maximum absolute atomic E-state index is 15.8. The molecule has 4 fully saturated rings. The number of carboxylic acids is 2. The van der Waals surface area contributed by atoms with E-state index in [1.54, 1.807) is 77.3 Å². The minimum absolute atomic E-state index is 0. The van der Waals surface area contributed by atoms with Crippen LogP contribution in [0.4, 0.5) is 35.4 Å². The molecule has 99 heavy (non-hydrogen) atoms. The van der Waals surface area contributed by atoms with E-state index in [0.717, 1.165) is 84.0 Å². The molecule has 0 bridgehead atoms. The normalized spacial score (nSPS) is 20.6. The van der Waals surface area contributed by atoms with Crippen LogP contribution < -0.4 is 72.3 Å². The number of aryl methyl sites for hydroxylation is 3. The van der Waals surface area contributed by atoms with Crippen molar-refractivity contribution < 1.29 is 107 Å². The van der Waals surface area contributed by atoms with E-state index in [9.17, 15) is 42.7 Å². The molecule has 6 aromatic heterocycles. The third kappa shape index (κ3) is 18.3. The summed E-state index contributed by atoms with van der Waals surface area (Å²) in [4.78, 5) is 103. The van der Waals surface area contributed by atoms with Crippen LogP contribution in [0.15, 0.2) is 37.2 Å². The number of amides is 3. The first-order valence-electron chi connectivity index (χ1n) is 31.7. The van der Waals surface area contributed by atoms with Crippen LogP contribution in [0.5, 0.6) is 0 Å². The standard InChI is InChI=1S/C24H30FN5O3.2C17H21FN6O.C5H8O5.CO2.HI.Na.H2O/c1-24(2,3)33-23(32)30-13-29(16-7-5-6-8-17(16)30)22-20(25)15-9-10-18(31)19(15)21(27-22)14-11-26-28(4)12-14;2*1-24-8-9(6-21-24)15-13-10(7-20-17(13)25)14(18)16(23-15)22-12-5-3-2-4-11(12)19;1-5(10,4(8)9)2-3(6)7;2-1-3;;;/h11-12,16-17H,5-10,13H2,1-4H3;2*6,8,11-12H,2-5,7,19H2,1H3,(H,20,25)(H,22,23);10H,2H2,1H3,(H,6,7)(H,8,9);;1H;;1H2/q;;;;;;+1;/p-1/t16-,17+;2*11-,12+;;;;;/m100...../s1. The topological polar surface area (TPSA) is 440 Å². The van der Waals surface area contributed by atoms with Crippen LogP contribution in [-0.4, -0.2) is 161 Å². The van der Waals surface area contributed by atoms with Crippen LogP contribution in [-0.2, 0) is 64.6 Å². The molecule has 4 aliphatic carbocycles. The van der Waals surface area contributed by atoms with Gasteiger partial charge in [0.25, 0.3) is 11.8 Å². The molecular weight excluding hydrogens is 1420 g/mol. The minimum atomic E-state index is -2.22. The van der Waals surface area contributed by atoms with Crippen molar-refractivity contribution in [3.63, 3.8) is 0 Å². The van der Waals surface area contributed by atoms with E-state index >= 15 is 4.39 Å².